The van der Waals surface area contributed by atoms with Gasteiger partial charge in [-0.1, -0.05) is 79.8 Å². The Labute approximate surface area is 258 Å². The molecule has 1 aromatic heterocycles. The number of aryl methyl sites for hydroxylation is 1. The van der Waals surface area contributed by atoms with Crippen molar-refractivity contribution in [2.75, 3.05) is 4.90 Å². The van der Waals surface area contributed by atoms with Crippen LogP contribution in [0.15, 0.2) is 115 Å². The fourth-order valence-corrected chi connectivity index (χ4v) is 5.71. The van der Waals surface area contributed by atoms with E-state index in [4.69, 9.17) is 0 Å². The van der Waals surface area contributed by atoms with Gasteiger partial charge in [0.1, 0.15) is 5.82 Å². The summed E-state index contributed by atoms with van der Waals surface area (Å²) in [5.74, 6) is 6.37. The molecule has 0 aliphatic carbocycles. The van der Waals surface area contributed by atoms with Crippen LogP contribution in [0, 0.1) is 17.7 Å². The fraction of sp³-hybridized carbons (Fsp3) is 0.158. The minimum atomic E-state index is -1.54. The number of hydrogen-bond donors (Lipinski definition) is 2. The van der Waals surface area contributed by atoms with Crippen molar-refractivity contribution in [2.45, 2.75) is 39.4 Å². The molecule has 2 N–H and O–H groups in total. The van der Waals surface area contributed by atoms with Crippen molar-refractivity contribution in [3.8, 4) is 11.8 Å². The van der Waals surface area contributed by atoms with Crippen molar-refractivity contribution in [1.29, 1.82) is 0 Å². The minimum absolute atomic E-state index is 0.266. The summed E-state index contributed by atoms with van der Waals surface area (Å²) in [5.41, 5.74) is 7.70. The van der Waals surface area contributed by atoms with Crippen LogP contribution in [0.1, 0.15) is 42.0 Å². The quantitative estimate of drug-likeness (QED) is 0.143. The monoisotopic (exact) mass is 580 g/mol. The molecule has 1 heterocycles. The van der Waals surface area contributed by atoms with E-state index >= 15 is 0 Å². The maximum Gasteiger partial charge on any atom is 0.488 e. The Morgan fingerprint density at radius 2 is 1.41 bits per heavy atom. The van der Waals surface area contributed by atoms with Crippen molar-refractivity contribution in [3.63, 3.8) is 0 Å². The predicted octanol–water partition coefficient (Wildman–Crippen LogP) is 7.02. The van der Waals surface area contributed by atoms with Gasteiger partial charge >= 0.3 is 7.12 Å². The van der Waals surface area contributed by atoms with Gasteiger partial charge in [-0.25, -0.2) is 4.39 Å². The summed E-state index contributed by atoms with van der Waals surface area (Å²) in [6.45, 7) is 4.23. The molecule has 6 heteroatoms. The van der Waals surface area contributed by atoms with Crippen molar-refractivity contribution >= 4 is 40.1 Å². The number of fused-ring (bicyclic) bond motifs is 3. The maximum absolute atomic E-state index is 13.7. The number of aromatic nitrogens is 1. The Kier molecular flexibility index (Phi) is 8.79. The van der Waals surface area contributed by atoms with Crippen molar-refractivity contribution in [1.82, 2.24) is 4.57 Å². The molecule has 0 saturated heterocycles. The summed E-state index contributed by atoms with van der Waals surface area (Å²) in [7, 11) is -1.54. The fourth-order valence-electron chi connectivity index (χ4n) is 5.71. The van der Waals surface area contributed by atoms with Crippen molar-refractivity contribution < 1.29 is 14.4 Å². The van der Waals surface area contributed by atoms with E-state index in [9.17, 15) is 14.4 Å². The van der Waals surface area contributed by atoms with Crippen LogP contribution >= 0.6 is 0 Å². The Morgan fingerprint density at radius 3 is 2.16 bits per heavy atom. The number of hydrogen-bond acceptors (Lipinski definition) is 3. The summed E-state index contributed by atoms with van der Waals surface area (Å²) < 4.78 is 16.1. The molecule has 0 aliphatic heterocycles. The van der Waals surface area contributed by atoms with Gasteiger partial charge in [0.15, 0.2) is 0 Å². The summed E-state index contributed by atoms with van der Waals surface area (Å²) in [6, 6.07) is 37.0. The third-order valence-electron chi connectivity index (χ3n) is 7.98. The highest BCUT2D eigenvalue weighted by molar-refractivity contribution is 6.58. The van der Waals surface area contributed by atoms with E-state index in [0.29, 0.717) is 18.6 Å². The van der Waals surface area contributed by atoms with Crippen LogP contribution in [0.25, 0.3) is 21.8 Å². The molecule has 0 radical (unpaired) electrons. The highest BCUT2D eigenvalue weighted by Gasteiger charge is 2.17. The third-order valence-corrected chi connectivity index (χ3v) is 7.98. The first-order valence-corrected chi connectivity index (χ1v) is 15.1. The molecule has 0 bridgehead atoms. The van der Waals surface area contributed by atoms with Gasteiger partial charge in [0.2, 0.25) is 0 Å². The molecule has 0 saturated carbocycles. The van der Waals surface area contributed by atoms with Gasteiger partial charge in [-0.05, 0) is 83.7 Å². The van der Waals surface area contributed by atoms with Gasteiger partial charge in [-0.2, -0.15) is 0 Å². The molecule has 0 spiro atoms. The summed E-state index contributed by atoms with van der Waals surface area (Å²) in [6.07, 6.45) is 2.19. The largest absolute Gasteiger partial charge is 0.488 e. The Hall–Kier alpha value is -4.83. The molecule has 0 atom stereocenters. The SMILES string of the molecule is CCCCn1c2ccc(C#Cc3ccccc3)cc2c2cc(N(Cc3ccc(F)cc3)Cc3cccc(B(O)O)c3)ccc21. The Morgan fingerprint density at radius 1 is 0.705 bits per heavy atom. The molecule has 5 aromatic carbocycles. The smallest absolute Gasteiger partial charge is 0.423 e. The number of halogens is 1. The van der Waals surface area contributed by atoms with Gasteiger partial charge in [-0.15, -0.1) is 0 Å². The highest BCUT2D eigenvalue weighted by atomic mass is 19.1. The summed E-state index contributed by atoms with van der Waals surface area (Å²) >= 11 is 0. The van der Waals surface area contributed by atoms with Crippen LogP contribution in [0.5, 0.6) is 0 Å². The van der Waals surface area contributed by atoms with Crippen molar-refractivity contribution in [3.05, 3.63) is 143 Å². The molecule has 0 fully saturated rings. The zero-order chi connectivity index (χ0) is 30.5. The number of benzene rings is 5. The molecule has 6 rings (SSSR count). The van der Waals surface area contributed by atoms with Gasteiger partial charge in [-0.3, -0.25) is 0 Å². The van der Waals surface area contributed by atoms with Crippen molar-refractivity contribution in [2.24, 2.45) is 0 Å². The normalized spacial score (nSPS) is 11.0. The lowest BCUT2D eigenvalue weighted by Crippen LogP contribution is -2.30. The van der Waals surface area contributed by atoms with E-state index in [1.807, 2.05) is 60.7 Å². The van der Waals surface area contributed by atoms with Gasteiger partial charge in [0, 0.05) is 58.3 Å². The highest BCUT2D eigenvalue weighted by Crippen LogP contribution is 2.34. The van der Waals surface area contributed by atoms with Crippen LogP contribution in [-0.4, -0.2) is 21.7 Å². The number of anilines is 1. The predicted molar refractivity (Wildman–Crippen MR) is 179 cm³/mol. The second-order valence-corrected chi connectivity index (χ2v) is 11.2. The van der Waals surface area contributed by atoms with Crippen LogP contribution in [-0.2, 0) is 19.6 Å². The lowest BCUT2D eigenvalue weighted by atomic mass is 9.79. The average Bonchev–Trinajstić information content (AvgIpc) is 3.36. The van der Waals surface area contributed by atoms with Crippen LogP contribution in [0.2, 0.25) is 0 Å². The molecule has 6 aromatic rings. The molecular formula is C38H34BFN2O2. The molecular weight excluding hydrogens is 546 g/mol. The molecule has 0 unspecified atom stereocenters. The number of unbranched alkanes of at least 4 members (excludes halogenated alkanes) is 1. The third kappa shape index (κ3) is 6.55. The molecule has 218 valence electrons. The zero-order valence-electron chi connectivity index (χ0n) is 24.7. The second-order valence-electron chi connectivity index (χ2n) is 11.2. The molecule has 0 aliphatic rings. The first-order valence-electron chi connectivity index (χ1n) is 15.1. The lowest BCUT2D eigenvalue weighted by molar-refractivity contribution is 0.425. The second kappa shape index (κ2) is 13.2. The van der Waals surface area contributed by atoms with Gasteiger partial charge in [0.05, 0.1) is 0 Å². The van der Waals surface area contributed by atoms with E-state index in [1.165, 1.54) is 23.2 Å². The van der Waals surface area contributed by atoms with Gasteiger partial charge in [0.25, 0.3) is 0 Å². The molecule has 44 heavy (non-hydrogen) atoms. The van der Waals surface area contributed by atoms with Crippen LogP contribution in [0.4, 0.5) is 10.1 Å². The topological polar surface area (TPSA) is 48.6 Å². The van der Waals surface area contributed by atoms with E-state index in [0.717, 1.165) is 58.1 Å². The number of rotatable bonds is 9. The Bertz CT molecular complexity index is 1960. The average molecular weight is 581 g/mol. The maximum atomic E-state index is 13.7. The van der Waals surface area contributed by atoms with E-state index in [1.54, 1.807) is 6.07 Å². The Balaban J connectivity index is 1.45. The lowest BCUT2D eigenvalue weighted by Gasteiger charge is -2.26. The zero-order valence-corrected chi connectivity index (χ0v) is 24.7. The van der Waals surface area contributed by atoms with Crippen LogP contribution in [0.3, 0.4) is 0 Å². The standard InChI is InChI=1S/C38H34BFN2O2/c1-2-3-22-42-37-20-16-29(13-12-28-8-5-4-6-9-28)24-35(37)36-25-34(19-21-38(36)42)41(26-30-14-17-33(40)18-15-30)27-31-10-7-11-32(23-31)39(43)44/h4-11,14-21,23-25,43-44H,2-3,22,26-27H2,1H3. The number of nitrogens with zero attached hydrogens (tertiary/aromatic N) is 2. The van der Waals surface area contributed by atoms with Gasteiger partial charge < -0.3 is 19.5 Å². The summed E-state index contributed by atoms with van der Waals surface area (Å²) in [4.78, 5) is 2.24. The molecule has 4 nitrogen and oxygen atoms in total. The summed E-state index contributed by atoms with van der Waals surface area (Å²) in [5, 5.41) is 21.8. The molecule has 0 amide bonds. The first kappa shape index (κ1) is 29.3. The minimum Gasteiger partial charge on any atom is -0.423 e. The van der Waals surface area contributed by atoms with E-state index in [-0.39, 0.29) is 5.82 Å². The van der Waals surface area contributed by atoms with Crippen LogP contribution < -0.4 is 10.4 Å². The van der Waals surface area contributed by atoms with E-state index < -0.39 is 7.12 Å². The van der Waals surface area contributed by atoms with E-state index in [2.05, 4.69) is 64.6 Å². The first-order chi connectivity index (χ1) is 21.5.